The molecule has 1 fully saturated rings. The molecule has 2 amide bonds. The van der Waals surface area contributed by atoms with E-state index in [1.807, 2.05) is 0 Å². The van der Waals surface area contributed by atoms with Gasteiger partial charge in [0.2, 0.25) is 11.8 Å². The molecule has 6 heteroatoms. The molecule has 0 saturated heterocycles. The first kappa shape index (κ1) is 18.0. The van der Waals surface area contributed by atoms with E-state index in [9.17, 15) is 9.59 Å². The van der Waals surface area contributed by atoms with Crippen molar-refractivity contribution < 1.29 is 9.59 Å². The highest BCUT2D eigenvalue weighted by Crippen LogP contribution is 2.28. The van der Waals surface area contributed by atoms with Crippen LogP contribution in [-0.2, 0) is 9.59 Å². The summed E-state index contributed by atoms with van der Waals surface area (Å²) >= 11 is 0. The molecule has 120 valence electrons. The second-order valence-corrected chi connectivity index (χ2v) is 5.82. The summed E-state index contributed by atoms with van der Waals surface area (Å²) in [4.78, 5) is 23.9. The van der Waals surface area contributed by atoms with Crippen LogP contribution in [0.3, 0.4) is 0 Å². The smallest absolute Gasteiger partial charge is 0.246 e. The molecular weight excluding hydrogens is 290 g/mol. The Bertz CT molecular complexity index is 404. The molecule has 2 aliphatic rings. The molecule has 21 heavy (non-hydrogen) atoms. The molecule has 0 radical (unpaired) electrons. The Labute approximate surface area is 132 Å². The SMILES string of the molecule is CC(=O)NC1(C(=O)NCC2=CCNCC2)CCCCC1.Cl. The second-order valence-electron chi connectivity index (χ2n) is 5.82. The van der Waals surface area contributed by atoms with Crippen molar-refractivity contribution in [2.75, 3.05) is 19.6 Å². The minimum atomic E-state index is -0.683. The monoisotopic (exact) mass is 315 g/mol. The van der Waals surface area contributed by atoms with Gasteiger partial charge >= 0.3 is 0 Å². The average Bonchev–Trinajstić information content (AvgIpc) is 2.46. The Morgan fingerprint density at radius 1 is 1.29 bits per heavy atom. The minimum absolute atomic E-state index is 0. The molecule has 0 aromatic carbocycles. The van der Waals surface area contributed by atoms with E-state index in [0.29, 0.717) is 6.54 Å². The third-order valence-corrected chi connectivity index (χ3v) is 4.19. The van der Waals surface area contributed by atoms with Gasteiger partial charge in [-0.1, -0.05) is 30.9 Å². The summed E-state index contributed by atoms with van der Waals surface area (Å²) in [5.74, 6) is -0.144. The molecule has 0 atom stereocenters. The number of rotatable bonds is 4. The van der Waals surface area contributed by atoms with E-state index >= 15 is 0 Å². The predicted octanol–water partition coefficient (Wildman–Crippen LogP) is 1.28. The van der Waals surface area contributed by atoms with Crippen LogP contribution in [0.1, 0.15) is 45.4 Å². The van der Waals surface area contributed by atoms with Gasteiger partial charge in [0.25, 0.3) is 0 Å². The van der Waals surface area contributed by atoms with Gasteiger partial charge in [0.1, 0.15) is 5.54 Å². The standard InChI is InChI=1S/C15H25N3O2.ClH/c1-12(19)18-15(7-3-2-4-8-15)14(20)17-11-13-5-9-16-10-6-13;/h5,16H,2-4,6-11H2,1H3,(H,17,20)(H,18,19);1H. The number of amides is 2. The van der Waals surface area contributed by atoms with Gasteiger partial charge in [-0.2, -0.15) is 0 Å². The van der Waals surface area contributed by atoms with Gasteiger partial charge in [-0.3, -0.25) is 9.59 Å². The van der Waals surface area contributed by atoms with E-state index in [0.717, 1.165) is 51.6 Å². The number of hydrogen-bond acceptors (Lipinski definition) is 3. The van der Waals surface area contributed by atoms with Crippen LogP contribution in [0.2, 0.25) is 0 Å². The van der Waals surface area contributed by atoms with Crippen LogP contribution in [0.15, 0.2) is 11.6 Å². The number of carbonyl (C=O) groups excluding carboxylic acids is 2. The Morgan fingerprint density at radius 2 is 2.00 bits per heavy atom. The highest BCUT2D eigenvalue weighted by Gasteiger charge is 2.39. The van der Waals surface area contributed by atoms with E-state index in [2.05, 4.69) is 22.0 Å². The summed E-state index contributed by atoms with van der Waals surface area (Å²) in [6.07, 6.45) is 7.76. The van der Waals surface area contributed by atoms with E-state index in [1.54, 1.807) is 0 Å². The van der Waals surface area contributed by atoms with Gasteiger partial charge in [0.05, 0.1) is 0 Å². The molecule has 1 aliphatic heterocycles. The van der Waals surface area contributed by atoms with E-state index in [1.165, 1.54) is 12.5 Å². The Hall–Kier alpha value is -1.07. The van der Waals surface area contributed by atoms with Gasteiger partial charge in [-0.25, -0.2) is 0 Å². The van der Waals surface area contributed by atoms with Crippen molar-refractivity contribution in [2.45, 2.75) is 51.0 Å². The summed E-state index contributed by atoms with van der Waals surface area (Å²) < 4.78 is 0. The van der Waals surface area contributed by atoms with Crippen molar-refractivity contribution in [1.29, 1.82) is 0 Å². The molecule has 0 aromatic rings. The first-order valence-electron chi connectivity index (χ1n) is 7.58. The van der Waals surface area contributed by atoms with Crippen molar-refractivity contribution >= 4 is 24.2 Å². The van der Waals surface area contributed by atoms with Crippen LogP contribution in [0.4, 0.5) is 0 Å². The van der Waals surface area contributed by atoms with Gasteiger partial charge in [-0.15, -0.1) is 12.4 Å². The lowest BCUT2D eigenvalue weighted by molar-refractivity contribution is -0.134. The molecule has 0 bridgehead atoms. The maximum Gasteiger partial charge on any atom is 0.246 e. The number of carbonyl (C=O) groups is 2. The van der Waals surface area contributed by atoms with Crippen molar-refractivity contribution in [3.63, 3.8) is 0 Å². The lowest BCUT2D eigenvalue weighted by Crippen LogP contribution is -2.59. The van der Waals surface area contributed by atoms with Crippen molar-refractivity contribution in [2.24, 2.45) is 0 Å². The van der Waals surface area contributed by atoms with Gasteiger partial charge in [0, 0.05) is 20.0 Å². The van der Waals surface area contributed by atoms with Gasteiger partial charge in [0.15, 0.2) is 0 Å². The first-order chi connectivity index (χ1) is 9.62. The van der Waals surface area contributed by atoms with Gasteiger partial charge < -0.3 is 16.0 Å². The fourth-order valence-corrected chi connectivity index (χ4v) is 3.09. The Kier molecular flexibility index (Phi) is 7.18. The molecule has 5 nitrogen and oxygen atoms in total. The maximum absolute atomic E-state index is 12.5. The van der Waals surface area contributed by atoms with Crippen molar-refractivity contribution in [3.8, 4) is 0 Å². The lowest BCUT2D eigenvalue weighted by atomic mass is 9.80. The number of hydrogen-bond donors (Lipinski definition) is 3. The summed E-state index contributed by atoms with van der Waals surface area (Å²) in [5, 5.41) is 9.17. The molecule has 1 aliphatic carbocycles. The molecule has 2 rings (SSSR count). The third kappa shape index (κ3) is 5.00. The zero-order chi connectivity index (χ0) is 14.4. The number of halogens is 1. The fraction of sp³-hybridized carbons (Fsp3) is 0.733. The zero-order valence-electron chi connectivity index (χ0n) is 12.7. The van der Waals surface area contributed by atoms with Crippen LogP contribution in [0, 0.1) is 0 Å². The van der Waals surface area contributed by atoms with Crippen LogP contribution in [0.5, 0.6) is 0 Å². The maximum atomic E-state index is 12.5. The van der Waals surface area contributed by atoms with Gasteiger partial charge in [-0.05, 0) is 25.8 Å². The summed E-state index contributed by atoms with van der Waals surface area (Å²) in [6.45, 7) is 3.93. The fourth-order valence-electron chi connectivity index (χ4n) is 3.09. The predicted molar refractivity (Wildman–Crippen MR) is 85.5 cm³/mol. The molecule has 0 unspecified atom stereocenters. The van der Waals surface area contributed by atoms with Crippen molar-refractivity contribution in [1.82, 2.24) is 16.0 Å². The highest BCUT2D eigenvalue weighted by atomic mass is 35.5. The summed E-state index contributed by atoms with van der Waals surface area (Å²) in [6, 6.07) is 0. The van der Waals surface area contributed by atoms with Crippen LogP contribution in [-0.4, -0.2) is 37.0 Å². The molecule has 0 spiro atoms. The third-order valence-electron chi connectivity index (χ3n) is 4.19. The van der Waals surface area contributed by atoms with Crippen LogP contribution in [0.25, 0.3) is 0 Å². The van der Waals surface area contributed by atoms with E-state index in [-0.39, 0.29) is 24.2 Å². The lowest BCUT2D eigenvalue weighted by Gasteiger charge is -2.36. The topological polar surface area (TPSA) is 70.2 Å². The molecule has 1 saturated carbocycles. The number of nitrogens with one attached hydrogen (secondary N) is 3. The van der Waals surface area contributed by atoms with E-state index in [4.69, 9.17) is 0 Å². The Morgan fingerprint density at radius 3 is 2.57 bits per heavy atom. The molecular formula is C15H26ClN3O2. The zero-order valence-corrected chi connectivity index (χ0v) is 13.5. The Balaban J connectivity index is 0.00000220. The largest absolute Gasteiger partial charge is 0.350 e. The first-order valence-corrected chi connectivity index (χ1v) is 7.58. The van der Waals surface area contributed by atoms with Crippen LogP contribution < -0.4 is 16.0 Å². The molecule has 3 N–H and O–H groups in total. The molecule has 0 aromatic heterocycles. The highest BCUT2D eigenvalue weighted by molar-refractivity contribution is 5.91. The minimum Gasteiger partial charge on any atom is -0.350 e. The van der Waals surface area contributed by atoms with E-state index < -0.39 is 5.54 Å². The normalized spacial score (nSPS) is 20.7. The summed E-state index contributed by atoms with van der Waals surface area (Å²) in [5.41, 5.74) is 0.586. The quantitative estimate of drug-likeness (QED) is 0.685. The summed E-state index contributed by atoms with van der Waals surface area (Å²) in [7, 11) is 0. The average molecular weight is 316 g/mol. The molecule has 1 heterocycles. The second kappa shape index (κ2) is 8.39. The van der Waals surface area contributed by atoms with Crippen molar-refractivity contribution in [3.05, 3.63) is 11.6 Å². The van der Waals surface area contributed by atoms with Crippen LogP contribution >= 0.6 is 12.4 Å².